The molecule has 0 saturated carbocycles. The molecule has 184 valence electrons. The van der Waals surface area contributed by atoms with Crippen molar-refractivity contribution < 1.29 is 19.7 Å². The molecule has 9 heteroatoms. The van der Waals surface area contributed by atoms with Crippen molar-refractivity contribution in [1.82, 2.24) is 15.0 Å². The van der Waals surface area contributed by atoms with Gasteiger partial charge < -0.3 is 19.7 Å². The van der Waals surface area contributed by atoms with Crippen LogP contribution >= 0.6 is 34.2 Å². The van der Waals surface area contributed by atoms with Crippen molar-refractivity contribution in [2.24, 2.45) is 5.92 Å². The summed E-state index contributed by atoms with van der Waals surface area (Å²) in [4.78, 5) is 0. The van der Waals surface area contributed by atoms with Gasteiger partial charge in [-0.25, -0.2) is 4.68 Å². The molecule has 1 heterocycles. The van der Waals surface area contributed by atoms with Crippen molar-refractivity contribution >= 4 is 34.2 Å². The molecule has 1 aromatic heterocycles. The molecule has 0 radical (unpaired) electrons. The Morgan fingerprint density at radius 1 is 1.09 bits per heavy atom. The van der Waals surface area contributed by atoms with Gasteiger partial charge in [-0.3, -0.25) is 0 Å². The summed E-state index contributed by atoms with van der Waals surface area (Å²) in [7, 11) is 0. The molecule has 0 fully saturated rings. The Morgan fingerprint density at radius 2 is 1.79 bits per heavy atom. The fraction of sp³-hybridized carbons (Fsp3) is 0.440. The molecule has 0 aliphatic heterocycles. The highest BCUT2D eigenvalue weighted by Gasteiger charge is 2.24. The molecule has 0 unspecified atom stereocenters. The molecule has 0 saturated heterocycles. The summed E-state index contributed by atoms with van der Waals surface area (Å²) < 4.78 is 14.2. The largest absolute Gasteiger partial charge is 0.492 e. The Kier molecular flexibility index (Phi) is 9.58. The molecule has 0 amide bonds. The first kappa shape index (κ1) is 26.7. The maximum atomic E-state index is 10.2. The molecular weight excluding hydrogens is 565 g/mol. The fourth-order valence-corrected chi connectivity index (χ4v) is 4.14. The SMILES string of the molecule is C[C@H](CCl)COc1ccc(C(C)(C)c2ccc(OC[C@H](O)Cn3cc(CO)nn3)cc2)cc1[123I]. The molecular formula is C25H31ClIN3O4. The normalized spacial score (nSPS) is 13.5. The average Bonchev–Trinajstić information content (AvgIpc) is 3.29. The molecule has 3 aromatic rings. The number of nitrogens with zero attached hydrogens (tertiary/aromatic N) is 3. The first-order chi connectivity index (χ1) is 16.2. The van der Waals surface area contributed by atoms with E-state index in [9.17, 15) is 5.11 Å². The van der Waals surface area contributed by atoms with Crippen LogP contribution in [0.4, 0.5) is 0 Å². The van der Waals surface area contributed by atoms with Crippen molar-refractivity contribution in [1.29, 1.82) is 0 Å². The lowest BCUT2D eigenvalue weighted by Gasteiger charge is -2.27. The van der Waals surface area contributed by atoms with Crippen LogP contribution in [0.3, 0.4) is 0 Å². The van der Waals surface area contributed by atoms with Gasteiger partial charge in [-0.05, 0) is 58.0 Å². The number of halogens is 2. The molecule has 0 aliphatic rings. The van der Waals surface area contributed by atoms with E-state index in [-0.39, 0.29) is 25.2 Å². The summed E-state index contributed by atoms with van der Waals surface area (Å²) in [5, 5.41) is 26.9. The quantitative estimate of drug-likeness (QED) is 0.239. The minimum Gasteiger partial charge on any atom is -0.492 e. The summed E-state index contributed by atoms with van der Waals surface area (Å²) in [6.45, 7) is 7.22. The van der Waals surface area contributed by atoms with Crippen LogP contribution < -0.4 is 9.47 Å². The Bertz CT molecular complexity index is 1060. The highest BCUT2D eigenvalue weighted by molar-refractivity contribution is 14.1. The van der Waals surface area contributed by atoms with Gasteiger partial charge in [-0.2, -0.15) is 0 Å². The summed E-state index contributed by atoms with van der Waals surface area (Å²) in [6, 6.07) is 14.2. The zero-order valence-corrected chi connectivity index (χ0v) is 22.5. The summed E-state index contributed by atoms with van der Waals surface area (Å²) >= 11 is 8.19. The van der Waals surface area contributed by atoms with Gasteiger partial charge in [0.25, 0.3) is 0 Å². The third-order valence-corrected chi connectivity index (χ3v) is 6.97. The van der Waals surface area contributed by atoms with Crippen molar-refractivity contribution in [3.63, 3.8) is 0 Å². The topological polar surface area (TPSA) is 89.6 Å². The monoisotopic (exact) mass is 595 g/mol. The Labute approximate surface area is 219 Å². The Balaban J connectivity index is 1.59. The van der Waals surface area contributed by atoms with Crippen molar-refractivity contribution in [3.8, 4) is 11.5 Å². The number of aliphatic hydroxyl groups excluding tert-OH is 2. The number of benzene rings is 2. The van der Waals surface area contributed by atoms with Crippen LogP contribution in [0.1, 0.15) is 37.6 Å². The number of alkyl halides is 1. The lowest BCUT2D eigenvalue weighted by molar-refractivity contribution is 0.0888. The molecule has 2 N–H and O–H groups in total. The zero-order chi connectivity index (χ0) is 24.7. The number of ether oxygens (including phenoxy) is 2. The van der Waals surface area contributed by atoms with E-state index in [0.29, 0.717) is 29.8 Å². The van der Waals surface area contributed by atoms with Crippen LogP contribution in [-0.4, -0.2) is 50.4 Å². The second-order valence-electron chi connectivity index (χ2n) is 8.92. The fourth-order valence-electron chi connectivity index (χ4n) is 3.38. The second-order valence-corrected chi connectivity index (χ2v) is 10.4. The molecule has 2 aromatic carbocycles. The highest BCUT2D eigenvalue weighted by atomic mass is 123. The molecule has 2 atom stereocenters. The predicted molar refractivity (Wildman–Crippen MR) is 141 cm³/mol. The Hall–Kier alpha value is -1.88. The maximum Gasteiger partial charge on any atom is 0.132 e. The van der Waals surface area contributed by atoms with Gasteiger partial charge in [0.15, 0.2) is 0 Å². The van der Waals surface area contributed by atoms with Crippen LogP contribution in [0, 0.1) is 9.49 Å². The van der Waals surface area contributed by atoms with Crippen LogP contribution in [0.15, 0.2) is 48.7 Å². The van der Waals surface area contributed by atoms with Crippen LogP contribution in [0.25, 0.3) is 0 Å². The van der Waals surface area contributed by atoms with Gasteiger partial charge in [0, 0.05) is 17.2 Å². The van der Waals surface area contributed by atoms with Gasteiger partial charge in [-0.1, -0.05) is 44.2 Å². The van der Waals surface area contributed by atoms with Crippen molar-refractivity contribution in [2.45, 2.75) is 45.4 Å². The van der Waals surface area contributed by atoms with Gasteiger partial charge in [0.1, 0.15) is 29.9 Å². The van der Waals surface area contributed by atoms with Crippen LogP contribution in [-0.2, 0) is 18.6 Å². The van der Waals surface area contributed by atoms with Crippen LogP contribution in [0.5, 0.6) is 11.5 Å². The van der Waals surface area contributed by atoms with E-state index < -0.39 is 6.10 Å². The first-order valence-corrected chi connectivity index (χ1v) is 12.7. The van der Waals surface area contributed by atoms with Gasteiger partial charge in [0.2, 0.25) is 0 Å². The number of aliphatic hydroxyl groups is 2. The van der Waals surface area contributed by atoms with E-state index in [1.807, 2.05) is 30.3 Å². The summed E-state index contributed by atoms with van der Waals surface area (Å²) in [6.07, 6.45) is 0.847. The molecule has 3 rings (SSSR count). The third kappa shape index (κ3) is 7.07. The predicted octanol–water partition coefficient (Wildman–Crippen LogP) is 4.39. The average molecular weight is 596 g/mol. The lowest BCUT2D eigenvalue weighted by Crippen LogP contribution is -2.24. The number of hydrogen-bond acceptors (Lipinski definition) is 6. The van der Waals surface area contributed by atoms with E-state index in [2.05, 4.69) is 65.8 Å². The molecule has 0 aliphatic carbocycles. The number of hydrogen-bond donors (Lipinski definition) is 2. The second kappa shape index (κ2) is 12.2. The van der Waals surface area contributed by atoms with E-state index in [1.54, 1.807) is 6.20 Å². The molecule has 34 heavy (non-hydrogen) atoms. The molecule has 0 bridgehead atoms. The standard InChI is InChI=1S/C25H31ClIN3O4/c1-17(11-26)15-34-24-9-6-19(10-23(24)27)25(2,3)18-4-7-22(8-5-18)33-16-21(32)13-30-12-20(14-31)28-29-30/h4-10,12,17,21,31-32H,11,13-16H2,1-3H3/t17-,21-/m1/s1/i27-4. The Morgan fingerprint density at radius 3 is 2.41 bits per heavy atom. The lowest BCUT2D eigenvalue weighted by atomic mass is 9.78. The van der Waals surface area contributed by atoms with E-state index in [1.165, 1.54) is 10.2 Å². The van der Waals surface area contributed by atoms with Gasteiger partial charge >= 0.3 is 0 Å². The first-order valence-electron chi connectivity index (χ1n) is 11.1. The highest BCUT2D eigenvalue weighted by Crippen LogP contribution is 2.35. The minimum absolute atomic E-state index is 0.124. The van der Waals surface area contributed by atoms with Crippen molar-refractivity contribution in [3.05, 3.63) is 69.1 Å². The molecule has 0 spiro atoms. The van der Waals surface area contributed by atoms with Crippen LogP contribution in [0.2, 0.25) is 0 Å². The number of aromatic nitrogens is 3. The maximum absolute atomic E-state index is 10.2. The minimum atomic E-state index is -0.750. The number of rotatable bonds is 12. The van der Waals surface area contributed by atoms with E-state index in [4.69, 9.17) is 26.2 Å². The third-order valence-electron chi connectivity index (χ3n) is 5.60. The van der Waals surface area contributed by atoms with E-state index in [0.717, 1.165) is 14.9 Å². The van der Waals surface area contributed by atoms with E-state index >= 15 is 0 Å². The summed E-state index contributed by atoms with van der Waals surface area (Å²) in [5.74, 6) is 2.43. The van der Waals surface area contributed by atoms with Gasteiger partial charge in [-0.15, -0.1) is 16.7 Å². The summed E-state index contributed by atoms with van der Waals surface area (Å²) in [5.41, 5.74) is 2.59. The van der Waals surface area contributed by atoms with Gasteiger partial charge in [0.05, 0.1) is 29.5 Å². The smallest absolute Gasteiger partial charge is 0.132 e. The molecule has 7 nitrogen and oxygen atoms in total. The zero-order valence-electron chi connectivity index (χ0n) is 19.6. The van der Waals surface area contributed by atoms with Crippen molar-refractivity contribution in [2.75, 3.05) is 19.1 Å².